The van der Waals surface area contributed by atoms with Gasteiger partial charge in [0, 0.05) is 36.8 Å². The van der Waals surface area contributed by atoms with Crippen molar-refractivity contribution < 1.29 is 9.21 Å². The fourth-order valence-electron chi connectivity index (χ4n) is 3.93. The molecule has 0 radical (unpaired) electrons. The number of likely N-dealkylation sites (tertiary alicyclic amines) is 2. The lowest BCUT2D eigenvalue weighted by Gasteiger charge is -2.22. The molecule has 8 heteroatoms. The molecule has 2 aliphatic heterocycles. The van der Waals surface area contributed by atoms with Crippen LogP contribution in [0, 0.1) is 28.7 Å². The second-order valence-corrected chi connectivity index (χ2v) is 6.58. The normalized spacial score (nSPS) is 24.2. The van der Waals surface area contributed by atoms with Gasteiger partial charge in [-0.05, 0) is 25.5 Å². The Balaban J connectivity index is 1.56. The number of carbonyl (C=O) groups excluding carboxylic acids is 1. The monoisotopic (exact) mass is 348 g/mol. The first kappa shape index (κ1) is 16.1. The van der Waals surface area contributed by atoms with E-state index < -0.39 is 0 Å². The van der Waals surface area contributed by atoms with Crippen LogP contribution in [0.4, 0.5) is 0 Å². The molecule has 4 rings (SSSR count). The van der Waals surface area contributed by atoms with Crippen molar-refractivity contribution in [2.75, 3.05) is 13.1 Å². The highest BCUT2D eigenvalue weighted by Gasteiger charge is 2.48. The van der Waals surface area contributed by atoms with Gasteiger partial charge in [0.05, 0.1) is 12.2 Å². The number of pyridine rings is 1. The van der Waals surface area contributed by atoms with E-state index in [0.29, 0.717) is 30.3 Å². The minimum Gasteiger partial charge on any atom is -0.432 e. The van der Waals surface area contributed by atoms with Crippen LogP contribution in [0.25, 0.3) is 11.3 Å². The van der Waals surface area contributed by atoms with Gasteiger partial charge in [0.2, 0.25) is 0 Å². The van der Waals surface area contributed by atoms with E-state index in [1.165, 1.54) is 12.4 Å². The predicted molar refractivity (Wildman–Crippen MR) is 89.2 cm³/mol. The Morgan fingerprint density at radius 3 is 3.00 bits per heavy atom. The van der Waals surface area contributed by atoms with Gasteiger partial charge in [0.15, 0.2) is 12.0 Å². The number of amides is 1. The molecule has 0 aromatic carbocycles. The van der Waals surface area contributed by atoms with Crippen molar-refractivity contribution in [1.82, 2.24) is 19.8 Å². The molecule has 2 aromatic rings. The third-order valence-electron chi connectivity index (χ3n) is 5.33. The molecule has 0 saturated carbocycles. The minimum atomic E-state index is -0.259. The van der Waals surface area contributed by atoms with Crippen LogP contribution in [0.2, 0.25) is 0 Å². The molecule has 0 N–H and O–H groups in total. The fraction of sp³-hybridized carbons (Fsp3) is 0.389. The zero-order valence-electron chi connectivity index (χ0n) is 14.2. The average molecular weight is 348 g/mol. The molecular weight excluding hydrogens is 332 g/mol. The van der Waals surface area contributed by atoms with Gasteiger partial charge < -0.3 is 14.2 Å². The van der Waals surface area contributed by atoms with Crippen LogP contribution in [-0.4, -0.2) is 50.8 Å². The molecule has 2 aliphatic rings. The molecule has 3 atom stereocenters. The first-order chi connectivity index (χ1) is 12.6. The summed E-state index contributed by atoms with van der Waals surface area (Å²) in [7, 11) is 0. The van der Waals surface area contributed by atoms with E-state index in [1.54, 1.807) is 21.9 Å². The van der Waals surface area contributed by atoms with Gasteiger partial charge in [0.1, 0.15) is 11.8 Å². The lowest BCUT2D eigenvalue weighted by Crippen LogP contribution is -2.39. The summed E-state index contributed by atoms with van der Waals surface area (Å²) < 4.78 is 5.65. The zero-order valence-corrected chi connectivity index (χ0v) is 14.2. The van der Waals surface area contributed by atoms with Crippen molar-refractivity contribution in [3.8, 4) is 23.6 Å². The predicted octanol–water partition coefficient (Wildman–Crippen LogP) is 1.62. The molecule has 4 heterocycles. The van der Waals surface area contributed by atoms with Gasteiger partial charge in [-0.1, -0.05) is 0 Å². The molecule has 0 bridgehead atoms. The van der Waals surface area contributed by atoms with Gasteiger partial charge in [-0.15, -0.1) is 0 Å². The van der Waals surface area contributed by atoms with Crippen LogP contribution < -0.4 is 0 Å². The molecule has 2 fully saturated rings. The quantitative estimate of drug-likeness (QED) is 0.758. The summed E-state index contributed by atoms with van der Waals surface area (Å²) in [5.74, 6) is 0.484. The van der Waals surface area contributed by atoms with Gasteiger partial charge in [-0.3, -0.25) is 4.79 Å². The number of nitrogens with zero attached hydrogens (tertiary/aromatic N) is 6. The molecule has 2 unspecified atom stereocenters. The largest absolute Gasteiger partial charge is 0.432 e. The molecule has 0 spiro atoms. The SMILES string of the molecule is C[C@H]1C2CCN(C(=O)c3ncc(-c4ccnc(C#N)c4)o3)C2CN1C#N. The summed E-state index contributed by atoms with van der Waals surface area (Å²) >= 11 is 0. The zero-order chi connectivity index (χ0) is 18.3. The van der Waals surface area contributed by atoms with Crippen LogP contribution in [0.3, 0.4) is 0 Å². The Kier molecular flexibility index (Phi) is 3.81. The average Bonchev–Trinajstić information content (AvgIpc) is 3.38. The molecule has 26 heavy (non-hydrogen) atoms. The number of aromatic nitrogens is 2. The number of hydrogen-bond acceptors (Lipinski definition) is 7. The number of rotatable bonds is 2. The lowest BCUT2D eigenvalue weighted by atomic mass is 9.98. The summed E-state index contributed by atoms with van der Waals surface area (Å²) in [5.41, 5.74) is 0.915. The maximum Gasteiger partial charge on any atom is 0.310 e. The molecule has 130 valence electrons. The van der Waals surface area contributed by atoms with Crippen LogP contribution in [0.1, 0.15) is 29.7 Å². The second-order valence-electron chi connectivity index (χ2n) is 6.58. The van der Waals surface area contributed by atoms with Gasteiger partial charge in [0.25, 0.3) is 5.89 Å². The van der Waals surface area contributed by atoms with Crippen LogP contribution in [-0.2, 0) is 0 Å². The van der Waals surface area contributed by atoms with Crippen LogP contribution in [0.5, 0.6) is 0 Å². The molecule has 8 nitrogen and oxygen atoms in total. The van der Waals surface area contributed by atoms with E-state index in [-0.39, 0.29) is 29.6 Å². The maximum absolute atomic E-state index is 12.9. The standard InChI is InChI=1S/C18H16N6O2/c1-11-14-3-5-24(15(14)9-23(11)10-20)18(25)17-22-8-16(26-17)12-2-4-21-13(6-12)7-19/h2,4,6,8,11,14-15H,3,5,9H2,1H3/t11-,14?,15?/m0/s1. The van der Waals surface area contributed by atoms with Crippen LogP contribution in [0.15, 0.2) is 28.9 Å². The molecule has 1 amide bonds. The Bertz CT molecular complexity index is 940. The molecule has 2 saturated heterocycles. The first-order valence-corrected chi connectivity index (χ1v) is 8.42. The number of fused-ring (bicyclic) bond motifs is 1. The van der Waals surface area contributed by atoms with Gasteiger partial charge in [-0.25, -0.2) is 9.97 Å². The summed E-state index contributed by atoms with van der Waals surface area (Å²) in [6, 6.07) is 5.41. The maximum atomic E-state index is 12.9. The third-order valence-corrected chi connectivity index (χ3v) is 5.33. The van der Waals surface area contributed by atoms with Gasteiger partial charge >= 0.3 is 5.91 Å². The van der Waals surface area contributed by atoms with Crippen molar-refractivity contribution in [1.29, 1.82) is 10.5 Å². The van der Waals surface area contributed by atoms with Crippen molar-refractivity contribution in [3.63, 3.8) is 0 Å². The van der Waals surface area contributed by atoms with E-state index in [0.717, 1.165) is 6.42 Å². The number of oxazole rings is 1. The van der Waals surface area contributed by atoms with Gasteiger partial charge in [-0.2, -0.15) is 10.5 Å². The second kappa shape index (κ2) is 6.16. The summed E-state index contributed by atoms with van der Waals surface area (Å²) in [5, 5.41) is 18.2. The summed E-state index contributed by atoms with van der Waals surface area (Å²) in [6.07, 6.45) is 6.07. The van der Waals surface area contributed by atoms with Crippen LogP contribution >= 0.6 is 0 Å². The highest BCUT2D eigenvalue weighted by Crippen LogP contribution is 2.36. The Labute approximate surface area is 150 Å². The highest BCUT2D eigenvalue weighted by atomic mass is 16.4. The van der Waals surface area contributed by atoms with Crippen molar-refractivity contribution in [3.05, 3.63) is 36.1 Å². The highest BCUT2D eigenvalue weighted by molar-refractivity contribution is 5.90. The van der Waals surface area contributed by atoms with E-state index in [4.69, 9.17) is 9.68 Å². The number of nitriles is 2. The van der Waals surface area contributed by atoms with Crippen molar-refractivity contribution >= 4 is 5.91 Å². The fourth-order valence-corrected chi connectivity index (χ4v) is 3.93. The van der Waals surface area contributed by atoms with E-state index in [9.17, 15) is 10.1 Å². The van der Waals surface area contributed by atoms with E-state index >= 15 is 0 Å². The van der Waals surface area contributed by atoms with Crippen molar-refractivity contribution in [2.24, 2.45) is 5.92 Å². The smallest absolute Gasteiger partial charge is 0.310 e. The minimum absolute atomic E-state index is 0.0126. The van der Waals surface area contributed by atoms with E-state index in [1.807, 2.05) is 13.0 Å². The first-order valence-electron chi connectivity index (χ1n) is 8.42. The lowest BCUT2D eigenvalue weighted by molar-refractivity contribution is 0.0692. The topological polar surface area (TPSA) is 110 Å². The number of hydrogen-bond donors (Lipinski definition) is 0. The summed E-state index contributed by atoms with van der Waals surface area (Å²) in [6.45, 7) is 3.22. The molecule has 0 aliphatic carbocycles. The van der Waals surface area contributed by atoms with Crippen molar-refractivity contribution in [2.45, 2.75) is 25.4 Å². The summed E-state index contributed by atoms with van der Waals surface area (Å²) in [4.78, 5) is 24.4. The molecular formula is C18H16N6O2. The third kappa shape index (κ3) is 2.47. The van der Waals surface area contributed by atoms with E-state index in [2.05, 4.69) is 16.2 Å². The number of carbonyl (C=O) groups is 1. The molecule has 2 aromatic heterocycles. The Hall–Kier alpha value is -3.39. The Morgan fingerprint density at radius 2 is 2.23 bits per heavy atom. The Morgan fingerprint density at radius 1 is 1.38 bits per heavy atom.